The first kappa shape index (κ1) is 18.8. The van der Waals surface area contributed by atoms with Crippen LogP contribution >= 0.6 is 11.6 Å². The third-order valence-corrected chi connectivity index (χ3v) is 6.87. The smallest absolute Gasteiger partial charge is 0.277 e. The van der Waals surface area contributed by atoms with Gasteiger partial charge in [-0.1, -0.05) is 54.6 Å². The van der Waals surface area contributed by atoms with Gasteiger partial charge in [0.25, 0.3) is 10.0 Å². The van der Waals surface area contributed by atoms with Crippen LogP contribution in [0.2, 0.25) is 0 Å². The predicted molar refractivity (Wildman–Crippen MR) is 114 cm³/mol. The van der Waals surface area contributed by atoms with Crippen molar-refractivity contribution in [3.8, 4) is 16.9 Å². The lowest BCUT2D eigenvalue weighted by molar-refractivity contribution is 0.257. The van der Waals surface area contributed by atoms with Crippen LogP contribution in [-0.2, 0) is 10.0 Å². The number of rotatable bonds is 5. The SMILES string of the molecule is O=S1(=O)C(CCCCl)Oc2ccc(-c3ccccc3)cc2N1c1ccccc1. The molecular formula is C22H20ClNO3S. The van der Waals surface area contributed by atoms with E-state index in [0.717, 1.165) is 11.1 Å². The first-order chi connectivity index (χ1) is 13.6. The number of benzene rings is 3. The molecule has 28 heavy (non-hydrogen) atoms. The Bertz CT molecular complexity index is 1060. The maximum atomic E-state index is 13.4. The van der Waals surface area contributed by atoms with Crippen LogP contribution in [0.4, 0.5) is 11.4 Å². The molecule has 1 unspecified atom stereocenters. The molecule has 0 spiro atoms. The van der Waals surface area contributed by atoms with Crippen molar-refractivity contribution in [2.75, 3.05) is 10.2 Å². The van der Waals surface area contributed by atoms with E-state index < -0.39 is 15.5 Å². The van der Waals surface area contributed by atoms with Gasteiger partial charge in [0, 0.05) is 12.3 Å². The minimum absolute atomic E-state index is 0.342. The Morgan fingerprint density at radius 2 is 1.57 bits per heavy atom. The summed E-state index contributed by atoms with van der Waals surface area (Å²) in [6, 6.07) is 24.6. The number of alkyl halides is 1. The van der Waals surface area contributed by atoms with Crippen molar-refractivity contribution in [3.05, 3.63) is 78.9 Å². The van der Waals surface area contributed by atoms with E-state index in [4.69, 9.17) is 16.3 Å². The first-order valence-electron chi connectivity index (χ1n) is 9.12. The fourth-order valence-electron chi connectivity index (χ4n) is 3.34. The van der Waals surface area contributed by atoms with Gasteiger partial charge in [-0.15, -0.1) is 11.6 Å². The molecule has 1 aliphatic heterocycles. The Kier molecular flexibility index (Phi) is 5.29. The maximum absolute atomic E-state index is 13.4. The van der Waals surface area contributed by atoms with Gasteiger partial charge in [-0.2, -0.15) is 0 Å². The number of hydrogen-bond acceptors (Lipinski definition) is 3. The number of para-hydroxylation sites is 1. The van der Waals surface area contributed by atoms with Gasteiger partial charge in [0.1, 0.15) is 5.75 Å². The van der Waals surface area contributed by atoms with Crippen molar-refractivity contribution in [1.82, 2.24) is 0 Å². The van der Waals surface area contributed by atoms with Gasteiger partial charge >= 0.3 is 0 Å². The van der Waals surface area contributed by atoms with E-state index >= 15 is 0 Å². The summed E-state index contributed by atoms with van der Waals surface area (Å²) in [6.45, 7) is 0. The molecule has 0 N–H and O–H groups in total. The van der Waals surface area contributed by atoms with Gasteiger partial charge < -0.3 is 4.74 Å². The molecule has 0 saturated heterocycles. The lowest BCUT2D eigenvalue weighted by atomic mass is 10.0. The average Bonchev–Trinajstić information content (AvgIpc) is 2.73. The van der Waals surface area contributed by atoms with Crippen molar-refractivity contribution < 1.29 is 13.2 Å². The summed E-state index contributed by atoms with van der Waals surface area (Å²) in [5.41, 5.74) is 2.10. The molecular weight excluding hydrogens is 394 g/mol. The molecule has 0 bridgehead atoms. The molecule has 4 rings (SSSR count). The Labute approximate surface area is 170 Å². The van der Waals surface area contributed by atoms with Gasteiger partial charge in [-0.05, 0) is 41.8 Å². The predicted octanol–water partition coefficient (Wildman–Crippen LogP) is 5.56. The van der Waals surface area contributed by atoms with Crippen LogP contribution in [0.5, 0.6) is 5.75 Å². The fourth-order valence-corrected chi connectivity index (χ4v) is 5.26. The molecule has 0 aromatic heterocycles. The highest BCUT2D eigenvalue weighted by atomic mass is 35.5. The highest BCUT2D eigenvalue weighted by Gasteiger charge is 2.41. The van der Waals surface area contributed by atoms with E-state index in [1.165, 1.54) is 4.31 Å². The summed E-state index contributed by atoms with van der Waals surface area (Å²) < 4.78 is 34.1. The molecule has 4 nitrogen and oxygen atoms in total. The second-order valence-corrected chi connectivity index (χ2v) is 8.87. The third-order valence-electron chi connectivity index (χ3n) is 4.69. The molecule has 1 atom stereocenters. The summed E-state index contributed by atoms with van der Waals surface area (Å²) in [5, 5.41) is 0. The van der Waals surface area contributed by atoms with Gasteiger partial charge in [0.2, 0.25) is 5.44 Å². The van der Waals surface area contributed by atoms with Gasteiger partial charge in [0.05, 0.1) is 11.4 Å². The minimum atomic E-state index is -3.75. The molecule has 0 saturated carbocycles. The molecule has 3 aromatic carbocycles. The van der Waals surface area contributed by atoms with Crippen molar-refractivity contribution in [1.29, 1.82) is 0 Å². The van der Waals surface area contributed by atoms with Crippen LogP contribution in [-0.4, -0.2) is 19.7 Å². The number of nitrogens with zero attached hydrogens (tertiary/aromatic N) is 1. The van der Waals surface area contributed by atoms with Gasteiger partial charge in [0.15, 0.2) is 0 Å². The Hall–Kier alpha value is -2.50. The summed E-state index contributed by atoms with van der Waals surface area (Å²) >= 11 is 5.79. The maximum Gasteiger partial charge on any atom is 0.277 e. The Morgan fingerprint density at radius 3 is 2.25 bits per heavy atom. The van der Waals surface area contributed by atoms with Crippen molar-refractivity contribution in [2.24, 2.45) is 0 Å². The lowest BCUT2D eigenvalue weighted by Gasteiger charge is -2.36. The summed E-state index contributed by atoms with van der Waals surface area (Å²) in [7, 11) is -3.75. The zero-order chi connectivity index (χ0) is 19.6. The molecule has 0 aliphatic carbocycles. The van der Waals surface area contributed by atoms with Gasteiger partial charge in [-0.3, -0.25) is 0 Å². The minimum Gasteiger partial charge on any atom is -0.470 e. The molecule has 3 aromatic rings. The zero-order valence-electron chi connectivity index (χ0n) is 15.2. The second-order valence-electron chi connectivity index (χ2n) is 6.57. The van der Waals surface area contributed by atoms with Crippen LogP contribution < -0.4 is 9.04 Å². The Morgan fingerprint density at radius 1 is 0.893 bits per heavy atom. The van der Waals surface area contributed by atoms with Crippen LogP contribution in [0.1, 0.15) is 12.8 Å². The summed E-state index contributed by atoms with van der Waals surface area (Å²) in [6.07, 6.45) is 0.903. The van der Waals surface area contributed by atoms with Crippen LogP contribution in [0, 0.1) is 0 Å². The van der Waals surface area contributed by atoms with Crippen molar-refractivity contribution in [3.63, 3.8) is 0 Å². The molecule has 0 amide bonds. The molecule has 144 valence electrons. The van der Waals surface area contributed by atoms with Crippen LogP contribution in [0.3, 0.4) is 0 Å². The van der Waals surface area contributed by atoms with E-state index in [2.05, 4.69) is 0 Å². The topological polar surface area (TPSA) is 46.6 Å². The normalized spacial score (nSPS) is 17.6. The monoisotopic (exact) mass is 413 g/mol. The highest BCUT2D eigenvalue weighted by molar-refractivity contribution is 7.93. The second kappa shape index (κ2) is 7.86. The first-order valence-corrected chi connectivity index (χ1v) is 11.2. The number of hydrogen-bond donors (Lipinski definition) is 0. The van der Waals surface area contributed by atoms with E-state index in [0.29, 0.717) is 35.8 Å². The number of anilines is 2. The third kappa shape index (κ3) is 3.48. The van der Waals surface area contributed by atoms with E-state index in [1.54, 1.807) is 12.1 Å². The standard InChI is InChI=1S/C22H20ClNO3S/c23-15-7-12-22-27-21-14-13-18(17-8-3-1-4-9-17)16-20(21)24(28(22,25)26)19-10-5-2-6-11-19/h1-6,8-11,13-14,16,22H,7,12,15H2. The lowest BCUT2D eigenvalue weighted by Crippen LogP contribution is -2.43. The van der Waals surface area contributed by atoms with E-state index in [1.807, 2.05) is 66.7 Å². The number of fused-ring (bicyclic) bond motifs is 1. The van der Waals surface area contributed by atoms with Gasteiger partial charge in [-0.25, -0.2) is 12.7 Å². The molecule has 1 aliphatic rings. The van der Waals surface area contributed by atoms with E-state index in [-0.39, 0.29) is 0 Å². The molecule has 0 radical (unpaired) electrons. The average molecular weight is 414 g/mol. The number of sulfonamides is 1. The molecule has 1 heterocycles. The number of halogens is 1. The quantitative estimate of drug-likeness (QED) is 0.514. The highest BCUT2D eigenvalue weighted by Crippen LogP contribution is 2.44. The van der Waals surface area contributed by atoms with Crippen molar-refractivity contribution in [2.45, 2.75) is 18.3 Å². The summed E-state index contributed by atoms with van der Waals surface area (Å²) in [5.74, 6) is 0.943. The zero-order valence-corrected chi connectivity index (χ0v) is 16.7. The number of ether oxygens (including phenoxy) is 1. The Balaban J connectivity index is 1.87. The largest absolute Gasteiger partial charge is 0.470 e. The summed E-state index contributed by atoms with van der Waals surface area (Å²) in [4.78, 5) is 0. The van der Waals surface area contributed by atoms with Crippen LogP contribution in [0.25, 0.3) is 11.1 Å². The van der Waals surface area contributed by atoms with E-state index in [9.17, 15) is 8.42 Å². The van der Waals surface area contributed by atoms with Crippen molar-refractivity contribution >= 4 is 33.0 Å². The van der Waals surface area contributed by atoms with Crippen LogP contribution in [0.15, 0.2) is 78.9 Å². The molecule has 6 heteroatoms. The fraction of sp³-hybridized carbons (Fsp3) is 0.182. The molecule has 0 fully saturated rings.